The van der Waals surface area contributed by atoms with E-state index in [0.29, 0.717) is 0 Å². The lowest BCUT2D eigenvalue weighted by molar-refractivity contribution is -0.123. The Morgan fingerprint density at radius 3 is 1.83 bits per heavy atom. The van der Waals surface area contributed by atoms with E-state index < -0.39 is 0 Å². The molecule has 1 fully saturated rings. The zero-order valence-electron chi connectivity index (χ0n) is 7.18. The molecule has 0 aromatic heterocycles. The normalized spacial score (nSPS) is 29.8. The van der Waals surface area contributed by atoms with Gasteiger partial charge in [0.15, 0.2) is 0 Å². The molecule has 1 aliphatic carbocycles. The molecular formula is C9H13ClO2. The van der Waals surface area contributed by atoms with Gasteiger partial charge in [-0.05, 0) is 44.2 Å². The maximum Gasteiger partial charge on any atom is 0.224 e. The maximum atomic E-state index is 11.0. The number of hydrogen-bond donors (Lipinski definition) is 0. The van der Waals surface area contributed by atoms with E-state index in [1.807, 2.05) is 0 Å². The minimum absolute atomic E-state index is 0.00210. The summed E-state index contributed by atoms with van der Waals surface area (Å²) in [6, 6.07) is 0. The highest BCUT2D eigenvalue weighted by Gasteiger charge is 2.26. The number of rotatable bonds is 2. The van der Waals surface area contributed by atoms with E-state index in [2.05, 4.69) is 0 Å². The van der Waals surface area contributed by atoms with Gasteiger partial charge in [0.25, 0.3) is 0 Å². The molecule has 12 heavy (non-hydrogen) atoms. The first kappa shape index (κ1) is 9.72. The van der Waals surface area contributed by atoms with Crippen molar-refractivity contribution in [1.82, 2.24) is 0 Å². The van der Waals surface area contributed by atoms with Crippen LogP contribution in [0, 0.1) is 11.8 Å². The molecule has 0 aliphatic heterocycles. The predicted octanol–water partition coefficient (Wildman–Crippen LogP) is 2.15. The second kappa shape index (κ2) is 4.04. The number of carbonyl (C=O) groups excluding carboxylic acids is 2. The van der Waals surface area contributed by atoms with Crippen LogP contribution in [-0.2, 0) is 9.59 Å². The van der Waals surface area contributed by atoms with Crippen LogP contribution in [0.4, 0.5) is 0 Å². The molecule has 0 heterocycles. The zero-order valence-corrected chi connectivity index (χ0v) is 7.93. The third kappa shape index (κ3) is 2.31. The van der Waals surface area contributed by atoms with Crippen molar-refractivity contribution < 1.29 is 9.59 Å². The number of carbonyl (C=O) groups is 2. The van der Waals surface area contributed by atoms with E-state index in [4.69, 9.17) is 11.6 Å². The Morgan fingerprint density at radius 1 is 1.08 bits per heavy atom. The SMILES string of the molecule is CC(=O)C1CCC(C(=O)Cl)CC1. The number of hydrogen-bond acceptors (Lipinski definition) is 2. The molecule has 2 nitrogen and oxygen atoms in total. The second-order valence-electron chi connectivity index (χ2n) is 3.46. The fraction of sp³-hybridized carbons (Fsp3) is 0.778. The van der Waals surface area contributed by atoms with Gasteiger partial charge in [0, 0.05) is 11.8 Å². The lowest BCUT2D eigenvalue weighted by atomic mass is 9.81. The summed E-state index contributed by atoms with van der Waals surface area (Å²) in [6.07, 6.45) is 3.23. The quantitative estimate of drug-likeness (QED) is 0.623. The van der Waals surface area contributed by atoms with Gasteiger partial charge in [0.1, 0.15) is 5.78 Å². The van der Waals surface area contributed by atoms with Gasteiger partial charge in [-0.1, -0.05) is 0 Å². The number of ketones is 1. The molecule has 0 amide bonds. The van der Waals surface area contributed by atoms with Crippen molar-refractivity contribution in [2.24, 2.45) is 11.8 Å². The smallest absolute Gasteiger partial charge is 0.224 e. The summed E-state index contributed by atoms with van der Waals surface area (Å²) in [6.45, 7) is 1.62. The van der Waals surface area contributed by atoms with Gasteiger partial charge in [-0.3, -0.25) is 9.59 Å². The molecule has 0 aromatic rings. The van der Waals surface area contributed by atoms with E-state index in [1.54, 1.807) is 6.92 Å². The van der Waals surface area contributed by atoms with Crippen LogP contribution in [0.15, 0.2) is 0 Å². The third-order valence-electron chi connectivity index (χ3n) is 2.62. The van der Waals surface area contributed by atoms with Gasteiger partial charge in [-0.15, -0.1) is 0 Å². The Balaban J connectivity index is 2.39. The largest absolute Gasteiger partial charge is 0.300 e. The standard InChI is InChI=1S/C9H13ClO2/c1-6(11)7-2-4-8(5-3-7)9(10)12/h7-8H,2-5H2,1H3. The highest BCUT2D eigenvalue weighted by Crippen LogP contribution is 2.30. The van der Waals surface area contributed by atoms with E-state index in [0.717, 1.165) is 25.7 Å². The van der Waals surface area contributed by atoms with E-state index in [1.165, 1.54) is 0 Å². The number of halogens is 1. The average molecular weight is 189 g/mol. The van der Waals surface area contributed by atoms with Crippen molar-refractivity contribution in [3.8, 4) is 0 Å². The molecule has 0 spiro atoms. The minimum Gasteiger partial charge on any atom is -0.300 e. The summed E-state index contributed by atoms with van der Waals surface area (Å²) in [5.41, 5.74) is 0. The molecule has 0 saturated heterocycles. The van der Waals surface area contributed by atoms with Gasteiger partial charge in [-0.2, -0.15) is 0 Å². The second-order valence-corrected chi connectivity index (χ2v) is 3.84. The van der Waals surface area contributed by atoms with Crippen molar-refractivity contribution in [3.63, 3.8) is 0 Å². The fourth-order valence-electron chi connectivity index (χ4n) is 1.73. The summed E-state index contributed by atoms with van der Waals surface area (Å²) in [4.78, 5) is 21.7. The van der Waals surface area contributed by atoms with Gasteiger partial charge >= 0.3 is 0 Å². The molecule has 0 radical (unpaired) electrons. The Morgan fingerprint density at radius 2 is 1.50 bits per heavy atom. The molecular weight excluding hydrogens is 176 g/mol. The van der Waals surface area contributed by atoms with Crippen LogP contribution in [0.1, 0.15) is 32.6 Å². The summed E-state index contributed by atoms with van der Waals surface area (Å²) < 4.78 is 0. The topological polar surface area (TPSA) is 34.1 Å². The highest BCUT2D eigenvalue weighted by atomic mass is 35.5. The molecule has 1 rings (SSSR count). The van der Waals surface area contributed by atoms with Crippen LogP contribution in [0.3, 0.4) is 0 Å². The minimum atomic E-state index is -0.239. The first-order valence-electron chi connectivity index (χ1n) is 4.31. The maximum absolute atomic E-state index is 11.0. The van der Waals surface area contributed by atoms with E-state index in [9.17, 15) is 9.59 Å². The van der Waals surface area contributed by atoms with Crippen LogP contribution < -0.4 is 0 Å². The lowest BCUT2D eigenvalue weighted by Crippen LogP contribution is -2.22. The van der Waals surface area contributed by atoms with Crippen LogP contribution in [0.25, 0.3) is 0 Å². The Kier molecular flexibility index (Phi) is 3.27. The number of Topliss-reactive ketones (excluding diaryl/α,β-unsaturated/α-hetero) is 1. The van der Waals surface area contributed by atoms with Gasteiger partial charge < -0.3 is 0 Å². The fourth-order valence-corrected chi connectivity index (χ4v) is 1.95. The van der Waals surface area contributed by atoms with Gasteiger partial charge in [0.05, 0.1) is 0 Å². The van der Waals surface area contributed by atoms with Crippen molar-refractivity contribution >= 4 is 22.6 Å². The first-order valence-corrected chi connectivity index (χ1v) is 4.69. The monoisotopic (exact) mass is 188 g/mol. The van der Waals surface area contributed by atoms with Crippen LogP contribution in [0.5, 0.6) is 0 Å². The van der Waals surface area contributed by atoms with Crippen LogP contribution in [0.2, 0.25) is 0 Å². The highest BCUT2D eigenvalue weighted by molar-refractivity contribution is 6.63. The van der Waals surface area contributed by atoms with Gasteiger partial charge in [0.2, 0.25) is 5.24 Å². The van der Waals surface area contributed by atoms with Crippen molar-refractivity contribution in [2.75, 3.05) is 0 Å². The molecule has 0 bridgehead atoms. The van der Waals surface area contributed by atoms with Crippen LogP contribution in [-0.4, -0.2) is 11.0 Å². The molecule has 68 valence electrons. The summed E-state index contributed by atoms with van der Waals surface area (Å²) >= 11 is 5.36. The van der Waals surface area contributed by atoms with Crippen LogP contribution >= 0.6 is 11.6 Å². The Labute approximate surface area is 77.3 Å². The van der Waals surface area contributed by atoms with E-state index in [-0.39, 0.29) is 22.9 Å². The van der Waals surface area contributed by atoms with Crippen molar-refractivity contribution in [1.29, 1.82) is 0 Å². The molecule has 0 unspecified atom stereocenters. The van der Waals surface area contributed by atoms with E-state index >= 15 is 0 Å². The van der Waals surface area contributed by atoms with Crippen molar-refractivity contribution in [3.05, 3.63) is 0 Å². The molecule has 3 heteroatoms. The third-order valence-corrected chi connectivity index (χ3v) is 2.93. The average Bonchev–Trinajstić information content (AvgIpc) is 2.04. The molecule has 0 N–H and O–H groups in total. The first-order chi connectivity index (χ1) is 5.61. The summed E-state index contributed by atoms with van der Waals surface area (Å²) in [7, 11) is 0. The predicted molar refractivity (Wildman–Crippen MR) is 47.0 cm³/mol. The Bertz CT molecular complexity index is 171. The van der Waals surface area contributed by atoms with Gasteiger partial charge in [-0.25, -0.2) is 0 Å². The molecule has 0 aromatic carbocycles. The summed E-state index contributed by atoms with van der Waals surface area (Å²) in [5, 5.41) is -0.239. The summed E-state index contributed by atoms with van der Waals surface area (Å²) in [5.74, 6) is 0.426. The Hall–Kier alpha value is -0.370. The molecule has 0 atom stereocenters. The zero-order chi connectivity index (χ0) is 9.14. The molecule has 1 saturated carbocycles. The lowest BCUT2D eigenvalue weighted by Gasteiger charge is -2.24. The van der Waals surface area contributed by atoms with Crippen molar-refractivity contribution in [2.45, 2.75) is 32.6 Å². The molecule has 1 aliphatic rings.